The molecular formula is C22H26N6O. The predicted molar refractivity (Wildman–Crippen MR) is 112 cm³/mol. The van der Waals surface area contributed by atoms with E-state index in [4.69, 9.17) is 10.8 Å². The number of hydrogen-bond acceptors (Lipinski definition) is 5. The lowest BCUT2D eigenvalue weighted by atomic mass is 10.0. The van der Waals surface area contributed by atoms with Crippen LogP contribution in [0, 0.1) is 0 Å². The molecule has 0 unspecified atom stereocenters. The fourth-order valence-electron chi connectivity index (χ4n) is 3.90. The molecule has 4 rings (SSSR count). The van der Waals surface area contributed by atoms with Gasteiger partial charge in [0.2, 0.25) is 5.95 Å². The fourth-order valence-corrected chi connectivity index (χ4v) is 3.90. The number of benzene rings is 1. The maximum atomic E-state index is 13.1. The van der Waals surface area contributed by atoms with E-state index < -0.39 is 0 Å². The molecular weight excluding hydrogens is 364 g/mol. The Hall–Kier alpha value is -3.22. The highest BCUT2D eigenvalue weighted by molar-refractivity contribution is 5.92. The molecule has 7 nitrogen and oxygen atoms in total. The van der Waals surface area contributed by atoms with E-state index in [0.29, 0.717) is 18.8 Å². The second kappa shape index (κ2) is 7.66. The monoisotopic (exact) mass is 390 g/mol. The van der Waals surface area contributed by atoms with Gasteiger partial charge in [-0.05, 0) is 18.4 Å². The van der Waals surface area contributed by atoms with Crippen LogP contribution < -0.4 is 5.73 Å². The highest BCUT2D eigenvalue weighted by atomic mass is 16.2. The van der Waals surface area contributed by atoms with Crippen LogP contribution in [-0.4, -0.2) is 43.6 Å². The Labute approximate surface area is 170 Å². The third kappa shape index (κ3) is 3.72. The average molecular weight is 390 g/mol. The number of carbonyl (C=O) groups excluding carboxylic acids is 1. The summed E-state index contributed by atoms with van der Waals surface area (Å²) in [5.41, 5.74) is 11.6. The minimum Gasteiger partial charge on any atom is -0.368 e. The van der Waals surface area contributed by atoms with Crippen LogP contribution in [0.3, 0.4) is 0 Å². The lowest BCUT2D eigenvalue weighted by molar-refractivity contribution is 0.0756. The van der Waals surface area contributed by atoms with Crippen LogP contribution in [-0.2, 0) is 19.9 Å². The van der Waals surface area contributed by atoms with Crippen molar-refractivity contribution < 1.29 is 4.79 Å². The van der Waals surface area contributed by atoms with E-state index in [-0.39, 0.29) is 17.8 Å². The number of hydrogen-bond donors (Lipinski definition) is 1. The Balaban J connectivity index is 1.60. The van der Waals surface area contributed by atoms with E-state index in [2.05, 4.69) is 22.1 Å². The molecule has 1 amide bonds. The summed E-state index contributed by atoms with van der Waals surface area (Å²) in [6.07, 6.45) is 1.48. The summed E-state index contributed by atoms with van der Waals surface area (Å²) in [6, 6.07) is 12.0. The number of nitrogens with zero attached hydrogens (tertiary/aromatic N) is 5. The van der Waals surface area contributed by atoms with Gasteiger partial charge in [0.15, 0.2) is 0 Å². The van der Waals surface area contributed by atoms with E-state index in [9.17, 15) is 4.79 Å². The first-order valence-corrected chi connectivity index (χ1v) is 9.98. The molecule has 0 fully saturated rings. The number of aromatic nitrogens is 4. The van der Waals surface area contributed by atoms with Gasteiger partial charge in [0.05, 0.1) is 11.4 Å². The summed E-state index contributed by atoms with van der Waals surface area (Å²) in [6.45, 7) is 5.28. The van der Waals surface area contributed by atoms with E-state index in [1.165, 1.54) is 5.56 Å². The molecule has 1 aliphatic heterocycles. The molecule has 0 bridgehead atoms. The van der Waals surface area contributed by atoms with Crippen LogP contribution in [0.25, 0.3) is 11.3 Å². The van der Waals surface area contributed by atoms with Crippen molar-refractivity contribution in [2.45, 2.75) is 32.6 Å². The molecule has 0 aliphatic carbocycles. The van der Waals surface area contributed by atoms with Gasteiger partial charge in [-0.25, -0.2) is 9.97 Å². The normalized spacial score (nSPS) is 14.0. The molecule has 0 spiro atoms. The fraction of sp³-hybridized carbons (Fsp3) is 0.364. The van der Waals surface area contributed by atoms with Gasteiger partial charge in [0.1, 0.15) is 5.69 Å². The quantitative estimate of drug-likeness (QED) is 0.743. The van der Waals surface area contributed by atoms with E-state index >= 15 is 0 Å². The van der Waals surface area contributed by atoms with Crippen molar-refractivity contribution in [1.29, 1.82) is 0 Å². The lowest BCUT2D eigenvalue weighted by Crippen LogP contribution is -2.34. The molecule has 1 aromatic carbocycles. The molecule has 3 heterocycles. The SMILES string of the molecule is CC(C)c1cc(C(=O)N2CCc3nn(C)c(-c4ccccc4)c3CC2)nc(N)n1. The number of amides is 1. The molecule has 0 saturated carbocycles. The van der Waals surface area contributed by atoms with Crippen LogP contribution in [0.15, 0.2) is 36.4 Å². The summed E-state index contributed by atoms with van der Waals surface area (Å²) in [5.74, 6) is 0.224. The first kappa shape index (κ1) is 19.1. The van der Waals surface area contributed by atoms with Crippen molar-refractivity contribution in [2.75, 3.05) is 18.8 Å². The molecule has 7 heteroatoms. The van der Waals surface area contributed by atoms with Crippen molar-refractivity contribution in [3.8, 4) is 11.3 Å². The molecule has 2 N–H and O–H groups in total. The van der Waals surface area contributed by atoms with Crippen LogP contribution in [0.1, 0.15) is 47.2 Å². The Bertz CT molecular complexity index is 1040. The molecule has 0 saturated heterocycles. The van der Waals surface area contributed by atoms with Crippen molar-refractivity contribution >= 4 is 11.9 Å². The van der Waals surface area contributed by atoms with Gasteiger partial charge in [0.25, 0.3) is 5.91 Å². The molecule has 3 aromatic rings. The minimum atomic E-state index is -0.100. The van der Waals surface area contributed by atoms with Gasteiger partial charge in [-0.15, -0.1) is 0 Å². The molecule has 29 heavy (non-hydrogen) atoms. The van der Waals surface area contributed by atoms with Crippen LogP contribution >= 0.6 is 0 Å². The van der Waals surface area contributed by atoms with Gasteiger partial charge in [-0.2, -0.15) is 5.10 Å². The Morgan fingerprint density at radius 2 is 1.83 bits per heavy atom. The van der Waals surface area contributed by atoms with Crippen molar-refractivity contribution in [1.82, 2.24) is 24.6 Å². The van der Waals surface area contributed by atoms with Gasteiger partial charge in [-0.1, -0.05) is 44.2 Å². The van der Waals surface area contributed by atoms with E-state index in [0.717, 1.165) is 35.5 Å². The number of anilines is 1. The van der Waals surface area contributed by atoms with Crippen molar-refractivity contribution in [3.63, 3.8) is 0 Å². The summed E-state index contributed by atoms with van der Waals surface area (Å²) in [7, 11) is 1.98. The lowest BCUT2D eigenvalue weighted by Gasteiger charge is -2.20. The molecule has 1 aliphatic rings. The second-order valence-electron chi connectivity index (χ2n) is 7.75. The summed E-state index contributed by atoms with van der Waals surface area (Å²) in [4.78, 5) is 23.4. The van der Waals surface area contributed by atoms with Gasteiger partial charge >= 0.3 is 0 Å². The molecule has 150 valence electrons. The summed E-state index contributed by atoms with van der Waals surface area (Å²) < 4.78 is 1.96. The summed E-state index contributed by atoms with van der Waals surface area (Å²) in [5, 5.41) is 4.74. The standard InChI is InChI=1S/C22H26N6O/c1-14(2)18-13-19(25-22(23)24-18)21(29)28-11-9-16-17(10-12-28)26-27(3)20(16)15-7-5-4-6-8-15/h4-8,13-14H,9-12H2,1-3H3,(H2,23,24,25). The third-order valence-corrected chi connectivity index (χ3v) is 5.39. The van der Waals surface area contributed by atoms with E-state index in [1.807, 2.05) is 48.7 Å². The number of carbonyl (C=O) groups is 1. The second-order valence-corrected chi connectivity index (χ2v) is 7.75. The average Bonchev–Trinajstić information content (AvgIpc) is 2.88. The molecule has 2 aromatic heterocycles. The minimum absolute atomic E-state index is 0.100. The predicted octanol–water partition coefficient (Wildman–Crippen LogP) is 2.82. The van der Waals surface area contributed by atoms with Gasteiger partial charge in [-0.3, -0.25) is 9.48 Å². The number of nitrogens with two attached hydrogens (primary N) is 1. The highest BCUT2D eigenvalue weighted by Gasteiger charge is 2.26. The Morgan fingerprint density at radius 1 is 1.10 bits per heavy atom. The number of fused-ring (bicyclic) bond motifs is 1. The Kier molecular flexibility index (Phi) is 5.05. The van der Waals surface area contributed by atoms with Gasteiger partial charge in [0, 0.05) is 43.4 Å². The zero-order chi connectivity index (χ0) is 20.5. The molecule has 0 atom stereocenters. The first-order chi connectivity index (χ1) is 13.9. The summed E-state index contributed by atoms with van der Waals surface area (Å²) >= 11 is 0. The van der Waals surface area contributed by atoms with Crippen molar-refractivity contribution in [3.05, 3.63) is 59.0 Å². The van der Waals surface area contributed by atoms with Crippen molar-refractivity contribution in [2.24, 2.45) is 7.05 Å². The number of rotatable bonds is 3. The first-order valence-electron chi connectivity index (χ1n) is 9.98. The number of nitrogen functional groups attached to an aromatic ring is 1. The van der Waals surface area contributed by atoms with Crippen LogP contribution in [0.4, 0.5) is 5.95 Å². The maximum Gasteiger partial charge on any atom is 0.272 e. The van der Waals surface area contributed by atoms with E-state index in [1.54, 1.807) is 6.07 Å². The molecule has 0 radical (unpaired) electrons. The maximum absolute atomic E-state index is 13.1. The Morgan fingerprint density at radius 3 is 2.55 bits per heavy atom. The topological polar surface area (TPSA) is 89.9 Å². The zero-order valence-corrected chi connectivity index (χ0v) is 17.1. The number of aryl methyl sites for hydroxylation is 1. The largest absolute Gasteiger partial charge is 0.368 e. The van der Waals surface area contributed by atoms with Gasteiger partial charge < -0.3 is 10.6 Å². The smallest absolute Gasteiger partial charge is 0.272 e. The highest BCUT2D eigenvalue weighted by Crippen LogP contribution is 2.28. The third-order valence-electron chi connectivity index (χ3n) is 5.39. The zero-order valence-electron chi connectivity index (χ0n) is 17.1. The van der Waals surface area contributed by atoms with Crippen LogP contribution in [0.2, 0.25) is 0 Å². The van der Waals surface area contributed by atoms with Crippen LogP contribution in [0.5, 0.6) is 0 Å².